The lowest BCUT2D eigenvalue weighted by Crippen LogP contribution is -2.31. The van der Waals surface area contributed by atoms with E-state index in [0.29, 0.717) is 0 Å². The molecule has 0 saturated carbocycles. The van der Waals surface area contributed by atoms with Crippen LogP contribution in [0.1, 0.15) is 45.9 Å². The molecule has 1 aliphatic heterocycles. The molecule has 1 fully saturated rings. The van der Waals surface area contributed by atoms with Crippen molar-refractivity contribution in [3.8, 4) is 0 Å². The molecule has 1 atom stereocenters. The van der Waals surface area contributed by atoms with Crippen molar-refractivity contribution in [2.75, 3.05) is 5.33 Å². The van der Waals surface area contributed by atoms with E-state index < -0.39 is 0 Å². The van der Waals surface area contributed by atoms with Gasteiger partial charge in [0.1, 0.15) is 0 Å². The van der Waals surface area contributed by atoms with Crippen LogP contribution >= 0.6 is 15.9 Å². The Balaban J connectivity index is 2.21. The highest BCUT2D eigenvalue weighted by molar-refractivity contribution is 9.09. The second kappa shape index (κ2) is 4.35. The van der Waals surface area contributed by atoms with Crippen LogP contribution in [0.5, 0.6) is 0 Å². The van der Waals surface area contributed by atoms with Gasteiger partial charge in [0.2, 0.25) is 0 Å². The zero-order valence-corrected chi connectivity index (χ0v) is 12.5. The van der Waals surface area contributed by atoms with Gasteiger partial charge in [0.15, 0.2) is 0 Å². The molecule has 0 bridgehead atoms. The standard InChI is InChI=1S/C12H20BrN3O/c1-11(2)7-10(12(3,4)17-11)16-8-9(5-6-13)14-15-16/h8,10H,5-7H2,1-4H3. The number of rotatable bonds is 3. The third-order valence-electron chi connectivity index (χ3n) is 3.25. The molecule has 0 N–H and O–H groups in total. The van der Waals surface area contributed by atoms with Crippen molar-refractivity contribution < 1.29 is 4.74 Å². The maximum Gasteiger partial charge on any atom is 0.0858 e. The van der Waals surface area contributed by atoms with Crippen LogP contribution in [0.3, 0.4) is 0 Å². The third kappa shape index (κ3) is 2.71. The molecule has 0 aromatic carbocycles. The van der Waals surface area contributed by atoms with E-state index in [2.05, 4.69) is 53.9 Å². The number of ether oxygens (including phenoxy) is 1. The van der Waals surface area contributed by atoms with Crippen LogP contribution in [0.15, 0.2) is 6.20 Å². The summed E-state index contributed by atoms with van der Waals surface area (Å²) in [6.45, 7) is 8.51. The molecule has 1 unspecified atom stereocenters. The zero-order chi connectivity index (χ0) is 12.7. The predicted molar refractivity (Wildman–Crippen MR) is 70.4 cm³/mol. The Bertz CT molecular complexity index is 400. The molecule has 1 saturated heterocycles. The van der Waals surface area contributed by atoms with E-state index in [1.807, 2.05) is 10.9 Å². The monoisotopic (exact) mass is 301 g/mol. The maximum absolute atomic E-state index is 6.07. The fourth-order valence-electron chi connectivity index (χ4n) is 2.62. The lowest BCUT2D eigenvalue weighted by molar-refractivity contribution is -0.0738. The second-order valence-corrected chi connectivity index (χ2v) is 6.61. The molecular formula is C12H20BrN3O. The quantitative estimate of drug-likeness (QED) is 0.806. The third-order valence-corrected chi connectivity index (χ3v) is 3.65. The minimum absolute atomic E-state index is 0.0876. The second-order valence-electron chi connectivity index (χ2n) is 5.81. The van der Waals surface area contributed by atoms with Gasteiger partial charge in [-0.3, -0.25) is 0 Å². The lowest BCUT2D eigenvalue weighted by Gasteiger charge is -2.26. The summed E-state index contributed by atoms with van der Waals surface area (Å²) in [6.07, 6.45) is 3.92. The molecular weight excluding hydrogens is 282 g/mol. The summed E-state index contributed by atoms with van der Waals surface area (Å²) in [5.41, 5.74) is 0.751. The first-order valence-corrected chi connectivity index (χ1v) is 7.13. The van der Waals surface area contributed by atoms with Gasteiger partial charge in [-0.25, -0.2) is 4.68 Å². The van der Waals surface area contributed by atoms with E-state index in [-0.39, 0.29) is 17.2 Å². The van der Waals surface area contributed by atoms with Crippen LogP contribution in [-0.4, -0.2) is 31.5 Å². The van der Waals surface area contributed by atoms with Crippen molar-refractivity contribution in [3.05, 3.63) is 11.9 Å². The van der Waals surface area contributed by atoms with Gasteiger partial charge in [-0.05, 0) is 27.7 Å². The minimum atomic E-state index is -0.192. The van der Waals surface area contributed by atoms with Gasteiger partial charge in [-0.1, -0.05) is 21.1 Å². The fraction of sp³-hybridized carbons (Fsp3) is 0.833. The summed E-state index contributed by atoms with van der Waals surface area (Å²) in [5, 5.41) is 9.35. The first-order valence-electron chi connectivity index (χ1n) is 6.01. The SMILES string of the molecule is CC1(C)CC(n2cc(CCBr)nn2)C(C)(C)O1. The number of nitrogens with zero attached hydrogens (tertiary/aromatic N) is 3. The average Bonchev–Trinajstić information content (AvgIpc) is 2.68. The molecule has 1 aliphatic rings. The molecule has 2 heterocycles. The Kier molecular flexibility index (Phi) is 3.34. The Morgan fingerprint density at radius 1 is 1.47 bits per heavy atom. The molecule has 0 radical (unpaired) electrons. The van der Waals surface area contributed by atoms with Crippen LogP contribution < -0.4 is 0 Å². The van der Waals surface area contributed by atoms with Crippen molar-refractivity contribution in [2.45, 2.75) is 57.8 Å². The van der Waals surface area contributed by atoms with E-state index in [1.54, 1.807) is 0 Å². The highest BCUT2D eigenvalue weighted by Gasteiger charge is 2.47. The van der Waals surface area contributed by atoms with Crippen LogP contribution in [0, 0.1) is 0 Å². The minimum Gasteiger partial charge on any atom is -0.367 e. The van der Waals surface area contributed by atoms with Crippen molar-refractivity contribution in [3.63, 3.8) is 0 Å². The van der Waals surface area contributed by atoms with Gasteiger partial charge in [0.05, 0.1) is 22.9 Å². The number of alkyl halides is 1. The van der Waals surface area contributed by atoms with E-state index in [9.17, 15) is 0 Å². The van der Waals surface area contributed by atoms with Gasteiger partial charge < -0.3 is 4.74 Å². The molecule has 5 heteroatoms. The highest BCUT2D eigenvalue weighted by atomic mass is 79.9. The Morgan fingerprint density at radius 3 is 2.71 bits per heavy atom. The molecule has 2 rings (SSSR count). The summed E-state index contributed by atoms with van der Waals surface area (Å²) in [7, 11) is 0. The number of aromatic nitrogens is 3. The van der Waals surface area contributed by atoms with Gasteiger partial charge in [-0.15, -0.1) is 5.10 Å². The summed E-state index contributed by atoms with van der Waals surface area (Å²) < 4.78 is 8.04. The van der Waals surface area contributed by atoms with E-state index in [4.69, 9.17) is 4.74 Å². The smallest absolute Gasteiger partial charge is 0.0858 e. The van der Waals surface area contributed by atoms with Crippen LogP contribution in [0.25, 0.3) is 0 Å². The van der Waals surface area contributed by atoms with Crippen LogP contribution in [-0.2, 0) is 11.2 Å². The molecule has 0 aliphatic carbocycles. The lowest BCUT2D eigenvalue weighted by atomic mass is 9.95. The summed E-state index contributed by atoms with van der Waals surface area (Å²) in [6, 6.07) is 0.258. The van der Waals surface area contributed by atoms with Crippen molar-refractivity contribution >= 4 is 15.9 Å². The molecule has 1 aromatic rings. The fourth-order valence-corrected chi connectivity index (χ4v) is 3.03. The predicted octanol–water partition coefficient (Wildman–Crippen LogP) is 2.73. The molecule has 0 spiro atoms. The van der Waals surface area contributed by atoms with Gasteiger partial charge >= 0.3 is 0 Å². The normalized spacial score (nSPS) is 26.3. The van der Waals surface area contributed by atoms with E-state index >= 15 is 0 Å². The average molecular weight is 302 g/mol. The maximum atomic E-state index is 6.07. The largest absolute Gasteiger partial charge is 0.367 e. The number of hydrogen-bond donors (Lipinski definition) is 0. The number of hydrogen-bond acceptors (Lipinski definition) is 3. The topological polar surface area (TPSA) is 39.9 Å². The first kappa shape index (κ1) is 13.0. The van der Waals surface area contributed by atoms with E-state index in [1.165, 1.54) is 0 Å². The first-order chi connectivity index (χ1) is 7.84. The van der Waals surface area contributed by atoms with Crippen molar-refractivity contribution in [1.82, 2.24) is 15.0 Å². The Morgan fingerprint density at radius 2 is 2.18 bits per heavy atom. The molecule has 96 valence electrons. The van der Waals surface area contributed by atoms with Gasteiger partial charge in [-0.2, -0.15) is 0 Å². The Labute approximate surface area is 111 Å². The number of aryl methyl sites for hydroxylation is 1. The van der Waals surface area contributed by atoms with Gasteiger partial charge in [0.25, 0.3) is 0 Å². The summed E-state index contributed by atoms with van der Waals surface area (Å²) >= 11 is 3.42. The van der Waals surface area contributed by atoms with Crippen molar-refractivity contribution in [1.29, 1.82) is 0 Å². The van der Waals surface area contributed by atoms with Crippen LogP contribution in [0.2, 0.25) is 0 Å². The van der Waals surface area contributed by atoms with Gasteiger partial charge in [0, 0.05) is 24.4 Å². The zero-order valence-electron chi connectivity index (χ0n) is 10.9. The molecule has 4 nitrogen and oxygen atoms in total. The summed E-state index contributed by atoms with van der Waals surface area (Å²) in [4.78, 5) is 0. The molecule has 17 heavy (non-hydrogen) atoms. The van der Waals surface area contributed by atoms with Crippen molar-refractivity contribution in [2.24, 2.45) is 0 Å². The molecule has 0 amide bonds. The highest BCUT2D eigenvalue weighted by Crippen LogP contribution is 2.44. The summed E-state index contributed by atoms with van der Waals surface area (Å²) in [5.74, 6) is 0. The number of halogens is 1. The van der Waals surface area contributed by atoms with Crippen LogP contribution in [0.4, 0.5) is 0 Å². The Hall–Kier alpha value is -0.420. The molecule has 1 aromatic heterocycles. The van der Waals surface area contributed by atoms with E-state index in [0.717, 1.165) is 23.9 Å².